The third-order valence-electron chi connectivity index (χ3n) is 1.97. The number of carbonyl (C=O) groups excluding carboxylic acids is 1. The number of nitrogen functional groups attached to an aromatic ring is 1. The van der Waals surface area contributed by atoms with Gasteiger partial charge >= 0.3 is 0 Å². The Morgan fingerprint density at radius 2 is 2.35 bits per heavy atom. The molecule has 1 amide bonds. The minimum atomic E-state index is -0.376. The van der Waals surface area contributed by atoms with Gasteiger partial charge < -0.3 is 15.6 Å². The molecule has 0 bridgehead atoms. The highest BCUT2D eigenvalue weighted by Crippen LogP contribution is 2.17. The number of nitrogens with two attached hydrogens (primary N) is 1. The van der Waals surface area contributed by atoms with Crippen LogP contribution in [0.15, 0.2) is 23.0 Å². The van der Waals surface area contributed by atoms with E-state index in [1.807, 2.05) is 0 Å². The first-order chi connectivity index (χ1) is 8.20. The first kappa shape index (κ1) is 11.1. The van der Waals surface area contributed by atoms with E-state index in [1.165, 1.54) is 12.4 Å². The molecule has 7 heteroatoms. The SMILES string of the molecule is CCNC(=O)c1noc(-c2cncc(N)c2)n1. The van der Waals surface area contributed by atoms with Crippen LogP contribution in [0.4, 0.5) is 5.69 Å². The van der Waals surface area contributed by atoms with E-state index in [1.54, 1.807) is 13.0 Å². The van der Waals surface area contributed by atoms with Gasteiger partial charge in [-0.05, 0) is 13.0 Å². The molecule has 0 aromatic carbocycles. The monoisotopic (exact) mass is 233 g/mol. The molecule has 0 fully saturated rings. The van der Waals surface area contributed by atoms with Crippen LogP contribution in [0.3, 0.4) is 0 Å². The van der Waals surface area contributed by atoms with E-state index in [-0.39, 0.29) is 17.6 Å². The Hall–Kier alpha value is -2.44. The van der Waals surface area contributed by atoms with Crippen molar-refractivity contribution in [1.82, 2.24) is 20.4 Å². The standard InChI is InChI=1S/C10H11N5O2/c1-2-13-9(16)8-14-10(17-15-8)6-3-7(11)5-12-4-6/h3-5H,2,11H2,1H3,(H,13,16). The van der Waals surface area contributed by atoms with Gasteiger partial charge in [0.15, 0.2) is 0 Å². The molecule has 2 aromatic rings. The van der Waals surface area contributed by atoms with Gasteiger partial charge in [-0.1, -0.05) is 5.16 Å². The lowest BCUT2D eigenvalue weighted by atomic mass is 10.2. The second-order valence-electron chi connectivity index (χ2n) is 3.29. The van der Waals surface area contributed by atoms with Crippen molar-refractivity contribution in [3.63, 3.8) is 0 Å². The average Bonchev–Trinajstić information content (AvgIpc) is 2.78. The highest BCUT2D eigenvalue weighted by molar-refractivity contribution is 5.90. The van der Waals surface area contributed by atoms with Crippen LogP contribution >= 0.6 is 0 Å². The number of amides is 1. The van der Waals surface area contributed by atoms with Crippen LogP contribution in [0.2, 0.25) is 0 Å². The van der Waals surface area contributed by atoms with Crippen LogP contribution in [-0.4, -0.2) is 27.6 Å². The molecule has 0 saturated carbocycles. The molecule has 0 saturated heterocycles. The molecule has 88 valence electrons. The third-order valence-corrected chi connectivity index (χ3v) is 1.97. The van der Waals surface area contributed by atoms with Crippen molar-refractivity contribution in [2.75, 3.05) is 12.3 Å². The number of hydrogen-bond acceptors (Lipinski definition) is 6. The predicted octanol–water partition coefficient (Wildman–Crippen LogP) is 0.464. The molecule has 0 spiro atoms. The van der Waals surface area contributed by atoms with Crippen molar-refractivity contribution >= 4 is 11.6 Å². The van der Waals surface area contributed by atoms with Crippen molar-refractivity contribution in [3.05, 3.63) is 24.3 Å². The van der Waals surface area contributed by atoms with E-state index in [9.17, 15) is 4.79 Å². The largest absolute Gasteiger partial charge is 0.397 e. The van der Waals surface area contributed by atoms with Crippen LogP contribution in [0, 0.1) is 0 Å². The van der Waals surface area contributed by atoms with Gasteiger partial charge in [0.1, 0.15) is 0 Å². The molecule has 0 atom stereocenters. The highest BCUT2D eigenvalue weighted by Gasteiger charge is 2.14. The summed E-state index contributed by atoms with van der Waals surface area (Å²) in [7, 11) is 0. The van der Waals surface area contributed by atoms with Crippen molar-refractivity contribution in [2.45, 2.75) is 6.92 Å². The van der Waals surface area contributed by atoms with Gasteiger partial charge in [0.2, 0.25) is 0 Å². The number of anilines is 1. The molecule has 2 heterocycles. The zero-order valence-corrected chi connectivity index (χ0v) is 9.17. The summed E-state index contributed by atoms with van der Waals surface area (Å²) in [5.74, 6) is -0.172. The summed E-state index contributed by atoms with van der Waals surface area (Å²) in [5.41, 5.74) is 6.64. The molecule has 0 unspecified atom stereocenters. The molecule has 0 aliphatic rings. The first-order valence-corrected chi connectivity index (χ1v) is 5.03. The zero-order valence-electron chi connectivity index (χ0n) is 9.17. The summed E-state index contributed by atoms with van der Waals surface area (Å²) in [6, 6.07) is 1.64. The van der Waals surface area contributed by atoms with Crippen LogP contribution in [-0.2, 0) is 0 Å². The van der Waals surface area contributed by atoms with Gasteiger partial charge in [-0.15, -0.1) is 0 Å². The number of nitrogens with zero attached hydrogens (tertiary/aromatic N) is 3. The molecule has 0 aliphatic carbocycles. The summed E-state index contributed by atoms with van der Waals surface area (Å²) < 4.78 is 4.96. The van der Waals surface area contributed by atoms with Gasteiger partial charge in [0.25, 0.3) is 17.6 Å². The number of aromatic nitrogens is 3. The van der Waals surface area contributed by atoms with Crippen molar-refractivity contribution in [2.24, 2.45) is 0 Å². The third kappa shape index (κ3) is 2.39. The van der Waals surface area contributed by atoms with Crippen LogP contribution in [0.5, 0.6) is 0 Å². The average molecular weight is 233 g/mol. The smallest absolute Gasteiger partial charge is 0.292 e. The molecule has 7 nitrogen and oxygen atoms in total. The molecule has 17 heavy (non-hydrogen) atoms. The maximum Gasteiger partial charge on any atom is 0.292 e. The quantitative estimate of drug-likeness (QED) is 0.797. The Kier molecular flexibility index (Phi) is 2.99. The lowest BCUT2D eigenvalue weighted by Crippen LogP contribution is -2.23. The topological polar surface area (TPSA) is 107 Å². The van der Waals surface area contributed by atoms with Crippen molar-refractivity contribution in [1.29, 1.82) is 0 Å². The van der Waals surface area contributed by atoms with E-state index < -0.39 is 0 Å². The Morgan fingerprint density at radius 1 is 1.53 bits per heavy atom. The Bertz CT molecular complexity index is 537. The van der Waals surface area contributed by atoms with Gasteiger partial charge in [0.05, 0.1) is 11.3 Å². The minimum absolute atomic E-state index is 0.00993. The van der Waals surface area contributed by atoms with Crippen LogP contribution in [0.1, 0.15) is 17.5 Å². The van der Waals surface area contributed by atoms with E-state index in [2.05, 4.69) is 20.4 Å². The zero-order chi connectivity index (χ0) is 12.3. The molecule has 2 aromatic heterocycles. The van der Waals surface area contributed by atoms with Gasteiger partial charge in [0, 0.05) is 18.9 Å². The van der Waals surface area contributed by atoms with Crippen LogP contribution < -0.4 is 11.1 Å². The number of carbonyl (C=O) groups is 1. The number of pyridine rings is 1. The summed E-state index contributed by atoms with van der Waals surface area (Å²) in [5, 5.41) is 6.15. The van der Waals surface area contributed by atoms with E-state index in [4.69, 9.17) is 10.3 Å². The highest BCUT2D eigenvalue weighted by atomic mass is 16.5. The fourth-order valence-electron chi connectivity index (χ4n) is 1.25. The Balaban J connectivity index is 2.27. The second kappa shape index (κ2) is 4.60. The van der Waals surface area contributed by atoms with E-state index in [0.29, 0.717) is 17.8 Å². The molecule has 0 radical (unpaired) electrons. The summed E-state index contributed by atoms with van der Waals surface area (Å²) in [6.45, 7) is 2.31. The molecular weight excluding hydrogens is 222 g/mol. The Morgan fingerprint density at radius 3 is 3.06 bits per heavy atom. The number of nitrogens with one attached hydrogen (secondary N) is 1. The van der Waals surface area contributed by atoms with Crippen molar-refractivity contribution < 1.29 is 9.32 Å². The number of rotatable bonds is 3. The van der Waals surface area contributed by atoms with Gasteiger partial charge in [-0.3, -0.25) is 9.78 Å². The van der Waals surface area contributed by atoms with Gasteiger partial charge in [-0.25, -0.2) is 0 Å². The fraction of sp³-hybridized carbons (Fsp3) is 0.200. The summed E-state index contributed by atoms with van der Waals surface area (Å²) in [4.78, 5) is 19.3. The minimum Gasteiger partial charge on any atom is -0.397 e. The van der Waals surface area contributed by atoms with Crippen molar-refractivity contribution in [3.8, 4) is 11.5 Å². The van der Waals surface area contributed by atoms with Crippen LogP contribution in [0.25, 0.3) is 11.5 Å². The maximum atomic E-state index is 11.4. The number of hydrogen-bond donors (Lipinski definition) is 2. The molecule has 2 rings (SSSR count). The maximum absolute atomic E-state index is 11.4. The van der Waals surface area contributed by atoms with E-state index in [0.717, 1.165) is 0 Å². The van der Waals surface area contributed by atoms with Gasteiger partial charge in [-0.2, -0.15) is 4.98 Å². The van der Waals surface area contributed by atoms with E-state index >= 15 is 0 Å². The predicted molar refractivity (Wildman–Crippen MR) is 59.9 cm³/mol. The lowest BCUT2D eigenvalue weighted by Gasteiger charge is -1.95. The normalized spacial score (nSPS) is 10.2. The molecule has 0 aliphatic heterocycles. The summed E-state index contributed by atoms with van der Waals surface area (Å²) in [6.07, 6.45) is 3.04. The second-order valence-corrected chi connectivity index (χ2v) is 3.29. The fourth-order valence-corrected chi connectivity index (χ4v) is 1.25. The molecule has 3 N–H and O–H groups in total. The summed E-state index contributed by atoms with van der Waals surface area (Å²) >= 11 is 0. The molecular formula is C10H11N5O2. The lowest BCUT2D eigenvalue weighted by molar-refractivity contribution is 0.0942. The first-order valence-electron chi connectivity index (χ1n) is 5.03. The Labute approximate surface area is 97.0 Å².